The monoisotopic (exact) mass is 525 g/mol. The fourth-order valence-corrected chi connectivity index (χ4v) is 6.30. The first kappa shape index (κ1) is 24.2. The quantitative estimate of drug-likeness (QED) is 0.248. The highest BCUT2D eigenvalue weighted by Gasteiger charge is 2.34. The zero-order valence-electron chi connectivity index (χ0n) is 23.1. The minimum absolute atomic E-state index is 0.124. The normalized spacial score (nSPS) is 15.1. The number of nitrogens with zero attached hydrogens (tertiary/aromatic N) is 3. The second-order valence-electron chi connectivity index (χ2n) is 10.7. The smallest absolute Gasteiger partial charge is 0.255 e. The van der Waals surface area contributed by atoms with Gasteiger partial charge in [-0.1, -0.05) is 54.1 Å². The Bertz CT molecular complexity index is 2010. The van der Waals surface area contributed by atoms with Crippen molar-refractivity contribution in [3.8, 4) is 0 Å². The van der Waals surface area contributed by atoms with Gasteiger partial charge in [-0.25, -0.2) is 4.98 Å². The predicted molar refractivity (Wildman–Crippen MR) is 164 cm³/mol. The number of nitrogens with one attached hydrogen (secondary N) is 2. The first-order chi connectivity index (χ1) is 19.4. The van der Waals surface area contributed by atoms with E-state index in [1.165, 1.54) is 21.8 Å². The van der Waals surface area contributed by atoms with Gasteiger partial charge in [-0.15, -0.1) is 0 Å². The summed E-state index contributed by atoms with van der Waals surface area (Å²) in [6.45, 7) is 9.12. The van der Waals surface area contributed by atoms with Crippen molar-refractivity contribution in [1.29, 1.82) is 0 Å². The lowest BCUT2D eigenvalue weighted by Gasteiger charge is -2.31. The molecule has 0 saturated carbocycles. The van der Waals surface area contributed by atoms with Crippen LogP contribution in [-0.2, 0) is 11.3 Å². The largest absolute Gasteiger partial charge is 0.341 e. The molecule has 6 nitrogen and oxygen atoms in total. The van der Waals surface area contributed by atoms with Crippen LogP contribution >= 0.6 is 0 Å². The standard InChI is InChI=1S/C34H31N5O/c1-5-38-28-12-8-6-10-24(28)25-19-23(15-17-29(25)38)32-31(33(40)36-26-16-14-20(2)18-21(26)3)22(4)35-34-37-27-11-7-9-13-30(27)39(32)34/h6-19,32H,5H2,1-4H3,(H,35,37)(H,36,40). The van der Waals surface area contributed by atoms with Gasteiger partial charge in [0.2, 0.25) is 5.95 Å². The highest BCUT2D eigenvalue weighted by molar-refractivity contribution is 6.09. The van der Waals surface area contributed by atoms with Gasteiger partial charge in [-0.05, 0) is 75.2 Å². The Hall–Kier alpha value is -4.84. The van der Waals surface area contributed by atoms with Crippen molar-refractivity contribution in [3.05, 3.63) is 113 Å². The highest BCUT2D eigenvalue weighted by Crippen LogP contribution is 2.41. The SMILES string of the molecule is CCn1c2ccccc2c2cc(C3C(C(=O)Nc4ccc(C)cc4C)=C(C)Nc4nc5ccccc5n43)ccc21. The third kappa shape index (κ3) is 3.63. The molecule has 1 aliphatic rings. The summed E-state index contributed by atoms with van der Waals surface area (Å²) >= 11 is 0. The van der Waals surface area contributed by atoms with E-state index in [0.29, 0.717) is 5.57 Å². The van der Waals surface area contributed by atoms with Crippen molar-refractivity contribution >= 4 is 50.4 Å². The fourth-order valence-electron chi connectivity index (χ4n) is 6.30. The molecule has 40 heavy (non-hydrogen) atoms. The minimum atomic E-state index is -0.359. The number of imidazole rings is 1. The molecule has 1 unspecified atom stereocenters. The Labute approximate surface area is 232 Å². The van der Waals surface area contributed by atoms with Crippen LogP contribution in [0, 0.1) is 13.8 Å². The fraction of sp³-hybridized carbons (Fsp3) is 0.176. The average Bonchev–Trinajstić information content (AvgIpc) is 3.48. The molecule has 3 heterocycles. The third-order valence-corrected chi connectivity index (χ3v) is 8.13. The molecule has 7 rings (SSSR count). The van der Waals surface area contributed by atoms with Gasteiger partial charge in [0.1, 0.15) is 0 Å². The predicted octanol–water partition coefficient (Wildman–Crippen LogP) is 7.71. The van der Waals surface area contributed by atoms with E-state index in [2.05, 4.69) is 88.2 Å². The summed E-state index contributed by atoms with van der Waals surface area (Å²) in [7, 11) is 0. The number of hydrogen-bond donors (Lipinski definition) is 2. The third-order valence-electron chi connectivity index (χ3n) is 8.13. The molecular weight excluding hydrogens is 494 g/mol. The summed E-state index contributed by atoms with van der Waals surface area (Å²) in [6.07, 6.45) is 0. The average molecular weight is 526 g/mol. The first-order valence-corrected chi connectivity index (χ1v) is 13.8. The van der Waals surface area contributed by atoms with Gasteiger partial charge in [0.15, 0.2) is 0 Å². The number of benzene rings is 4. The molecule has 0 radical (unpaired) electrons. The number of fused-ring (bicyclic) bond motifs is 6. The van der Waals surface area contributed by atoms with E-state index in [0.717, 1.165) is 51.6 Å². The number of para-hydroxylation sites is 3. The van der Waals surface area contributed by atoms with Crippen molar-refractivity contribution in [2.45, 2.75) is 40.3 Å². The molecule has 0 fully saturated rings. The minimum Gasteiger partial charge on any atom is -0.341 e. The first-order valence-electron chi connectivity index (χ1n) is 13.8. The Morgan fingerprint density at radius 2 is 1.62 bits per heavy atom. The zero-order chi connectivity index (χ0) is 27.5. The van der Waals surface area contributed by atoms with Crippen molar-refractivity contribution in [2.24, 2.45) is 0 Å². The molecular formula is C34H31N5O. The number of amides is 1. The number of carbonyl (C=O) groups excluding carboxylic acids is 1. The van der Waals surface area contributed by atoms with Crippen LogP contribution < -0.4 is 10.6 Å². The number of rotatable bonds is 4. The molecule has 1 amide bonds. The molecule has 0 saturated heterocycles. The molecule has 2 N–H and O–H groups in total. The highest BCUT2D eigenvalue weighted by atomic mass is 16.1. The lowest BCUT2D eigenvalue weighted by Crippen LogP contribution is -2.31. The number of allylic oxidation sites excluding steroid dienone is 1. The molecule has 0 aliphatic carbocycles. The molecule has 1 atom stereocenters. The maximum Gasteiger partial charge on any atom is 0.255 e. The summed E-state index contributed by atoms with van der Waals surface area (Å²) < 4.78 is 4.52. The summed E-state index contributed by atoms with van der Waals surface area (Å²) in [6, 6.07) is 29.0. The summed E-state index contributed by atoms with van der Waals surface area (Å²) in [5.41, 5.74) is 9.82. The van der Waals surface area contributed by atoms with Gasteiger partial charge in [0, 0.05) is 39.7 Å². The second-order valence-corrected chi connectivity index (χ2v) is 10.7. The summed E-state index contributed by atoms with van der Waals surface area (Å²) in [5, 5.41) is 9.05. The van der Waals surface area contributed by atoms with E-state index < -0.39 is 0 Å². The number of anilines is 2. The maximum absolute atomic E-state index is 14.1. The number of carbonyl (C=O) groups is 1. The van der Waals surface area contributed by atoms with E-state index in [9.17, 15) is 4.79 Å². The van der Waals surface area contributed by atoms with E-state index in [4.69, 9.17) is 4.98 Å². The molecule has 198 valence electrons. The number of aryl methyl sites for hydroxylation is 3. The van der Waals surface area contributed by atoms with Gasteiger partial charge in [0.05, 0.1) is 22.6 Å². The van der Waals surface area contributed by atoms with Gasteiger partial charge in [0.25, 0.3) is 5.91 Å². The summed E-state index contributed by atoms with van der Waals surface area (Å²) in [5.74, 6) is 0.615. The molecule has 1 aliphatic heterocycles. The van der Waals surface area contributed by atoms with Crippen LogP contribution in [0.2, 0.25) is 0 Å². The Balaban J connectivity index is 1.45. The van der Waals surface area contributed by atoms with Gasteiger partial charge >= 0.3 is 0 Å². The van der Waals surface area contributed by atoms with E-state index in [1.54, 1.807) is 0 Å². The van der Waals surface area contributed by atoms with E-state index in [1.807, 2.05) is 44.2 Å². The molecule has 0 spiro atoms. The van der Waals surface area contributed by atoms with Gasteiger partial charge in [-0.3, -0.25) is 9.36 Å². The van der Waals surface area contributed by atoms with E-state index in [-0.39, 0.29) is 11.9 Å². The maximum atomic E-state index is 14.1. The number of aromatic nitrogens is 3. The van der Waals surface area contributed by atoms with Crippen LogP contribution in [0.25, 0.3) is 32.8 Å². The van der Waals surface area contributed by atoms with Crippen LogP contribution in [0.4, 0.5) is 11.6 Å². The van der Waals surface area contributed by atoms with Crippen molar-refractivity contribution < 1.29 is 4.79 Å². The van der Waals surface area contributed by atoms with Crippen molar-refractivity contribution in [1.82, 2.24) is 14.1 Å². The van der Waals surface area contributed by atoms with Crippen molar-refractivity contribution in [2.75, 3.05) is 10.6 Å². The molecule has 2 aromatic heterocycles. The molecule has 4 aromatic carbocycles. The summed E-state index contributed by atoms with van der Waals surface area (Å²) in [4.78, 5) is 19.0. The Kier molecular flexibility index (Phi) is 5.52. The van der Waals surface area contributed by atoms with Gasteiger partial charge in [-0.2, -0.15) is 0 Å². The topological polar surface area (TPSA) is 63.9 Å². The van der Waals surface area contributed by atoms with Crippen molar-refractivity contribution in [3.63, 3.8) is 0 Å². The molecule has 6 aromatic rings. The second kappa shape index (κ2) is 9.12. The molecule has 6 heteroatoms. The lowest BCUT2D eigenvalue weighted by molar-refractivity contribution is -0.113. The van der Waals surface area contributed by atoms with Crippen LogP contribution in [-0.4, -0.2) is 20.0 Å². The Morgan fingerprint density at radius 1 is 0.875 bits per heavy atom. The van der Waals surface area contributed by atoms with Gasteiger partial charge < -0.3 is 15.2 Å². The van der Waals surface area contributed by atoms with Crippen LogP contribution in [0.3, 0.4) is 0 Å². The zero-order valence-corrected chi connectivity index (χ0v) is 23.1. The van der Waals surface area contributed by atoms with Crippen LogP contribution in [0.1, 0.15) is 36.6 Å². The van der Waals surface area contributed by atoms with Crippen LogP contribution in [0.5, 0.6) is 0 Å². The lowest BCUT2D eigenvalue weighted by atomic mass is 9.93. The van der Waals surface area contributed by atoms with Crippen LogP contribution in [0.15, 0.2) is 96.2 Å². The number of hydrogen-bond acceptors (Lipinski definition) is 3. The van der Waals surface area contributed by atoms with E-state index >= 15 is 0 Å². The Morgan fingerprint density at radius 3 is 2.42 bits per heavy atom. The molecule has 0 bridgehead atoms.